The second-order valence-corrected chi connectivity index (χ2v) is 12.1. The van der Waals surface area contributed by atoms with E-state index in [0.717, 1.165) is 6.26 Å². The fourth-order valence-electron chi connectivity index (χ4n) is 4.16. The third kappa shape index (κ3) is 8.03. The van der Waals surface area contributed by atoms with Gasteiger partial charge in [0.05, 0.1) is 27.7 Å². The molecule has 3 rings (SSSR count). The number of pyridine rings is 1. The molecule has 3 aromatic rings. The van der Waals surface area contributed by atoms with Crippen LogP contribution in [0.4, 0.5) is 13.2 Å². The third-order valence-electron chi connectivity index (χ3n) is 6.03. The van der Waals surface area contributed by atoms with E-state index < -0.39 is 34.0 Å². The molecule has 2 N–H and O–H groups in total. The first-order valence-electron chi connectivity index (χ1n) is 12.2. The maximum Gasteiger partial charge on any atom is 0.407 e. The lowest BCUT2D eigenvalue weighted by molar-refractivity contribution is -0.161. The highest BCUT2D eigenvalue weighted by Crippen LogP contribution is 2.37. The molecule has 0 saturated heterocycles. The quantitative estimate of drug-likeness (QED) is 0.291. The van der Waals surface area contributed by atoms with E-state index in [1.807, 2.05) is 0 Å². The molecular weight excluding hydrogens is 565 g/mol. The summed E-state index contributed by atoms with van der Waals surface area (Å²) in [5, 5.41) is 13.8. The molecule has 212 valence electrons. The third-order valence-corrected chi connectivity index (χ3v) is 7.36. The molecule has 0 fully saturated rings. The first-order valence-corrected chi connectivity index (χ1v) is 14.5. The van der Waals surface area contributed by atoms with Gasteiger partial charge in [-0.25, -0.2) is 8.42 Å². The lowest BCUT2D eigenvalue weighted by atomic mass is 9.96. The number of rotatable bonds is 10. The summed E-state index contributed by atoms with van der Waals surface area (Å²) in [5.74, 6) is -0.763. The van der Waals surface area contributed by atoms with Crippen molar-refractivity contribution in [1.29, 1.82) is 5.26 Å². The van der Waals surface area contributed by atoms with E-state index in [0.29, 0.717) is 27.4 Å². The number of amides is 1. The minimum Gasteiger partial charge on any atom is -0.342 e. The lowest BCUT2D eigenvalue weighted by Gasteiger charge is -2.28. The number of alkyl halides is 3. The van der Waals surface area contributed by atoms with Crippen molar-refractivity contribution in [3.63, 3.8) is 0 Å². The molecule has 0 aliphatic rings. The zero-order chi connectivity index (χ0) is 29.7. The van der Waals surface area contributed by atoms with Gasteiger partial charge in [-0.3, -0.25) is 15.1 Å². The van der Waals surface area contributed by atoms with E-state index in [-0.39, 0.29) is 29.3 Å². The molecule has 12 heteroatoms. The van der Waals surface area contributed by atoms with E-state index in [1.54, 1.807) is 38.1 Å². The van der Waals surface area contributed by atoms with E-state index in [1.165, 1.54) is 42.6 Å². The molecule has 1 amide bonds. The number of carbonyl (C=O) groups is 1. The van der Waals surface area contributed by atoms with Crippen molar-refractivity contribution in [3.8, 4) is 28.5 Å². The maximum absolute atomic E-state index is 14.2. The van der Waals surface area contributed by atoms with Gasteiger partial charge in [-0.2, -0.15) is 18.4 Å². The number of sulfone groups is 1. The Bertz CT molecular complexity index is 1490. The van der Waals surface area contributed by atoms with Crippen LogP contribution < -0.4 is 10.6 Å². The van der Waals surface area contributed by atoms with Crippen molar-refractivity contribution >= 4 is 27.3 Å². The van der Waals surface area contributed by atoms with Crippen LogP contribution in [0.25, 0.3) is 22.4 Å². The van der Waals surface area contributed by atoms with Crippen LogP contribution in [0, 0.1) is 17.2 Å². The second-order valence-electron chi connectivity index (χ2n) is 9.67. The van der Waals surface area contributed by atoms with Gasteiger partial charge < -0.3 is 5.32 Å². The summed E-state index contributed by atoms with van der Waals surface area (Å²) in [6.07, 6.45) is -2.06. The van der Waals surface area contributed by atoms with Crippen LogP contribution in [-0.2, 0) is 14.6 Å². The van der Waals surface area contributed by atoms with Gasteiger partial charge in [-0.05, 0) is 41.7 Å². The number of halogens is 4. The Morgan fingerprint density at radius 3 is 2.20 bits per heavy atom. The fraction of sp³-hybridized carbons (Fsp3) is 0.321. The highest BCUT2D eigenvalue weighted by molar-refractivity contribution is 7.90. The van der Waals surface area contributed by atoms with Gasteiger partial charge in [0.1, 0.15) is 12.6 Å². The van der Waals surface area contributed by atoms with Crippen LogP contribution in [0.5, 0.6) is 0 Å². The van der Waals surface area contributed by atoms with E-state index >= 15 is 0 Å². The molecule has 40 heavy (non-hydrogen) atoms. The normalized spacial score (nSPS) is 13.5. The Kier molecular flexibility index (Phi) is 9.95. The Morgan fingerprint density at radius 2 is 1.68 bits per heavy atom. The SMILES string of the molecule is CC(C)C[C@H](N[C@@H](c1ccc(-c2ncc(Cl)cc2-c2ccc(S(C)(=O)=O)cc2)cc1)C(F)(F)F)C(=O)NCC#N. The molecule has 2 aromatic carbocycles. The Labute approximate surface area is 236 Å². The summed E-state index contributed by atoms with van der Waals surface area (Å²) in [6, 6.07) is 11.8. The van der Waals surface area contributed by atoms with Gasteiger partial charge in [0.25, 0.3) is 0 Å². The van der Waals surface area contributed by atoms with Crippen LogP contribution in [0.2, 0.25) is 5.02 Å². The number of nitriles is 1. The van der Waals surface area contributed by atoms with Crippen LogP contribution >= 0.6 is 11.6 Å². The van der Waals surface area contributed by atoms with Crippen LogP contribution in [0.15, 0.2) is 65.7 Å². The van der Waals surface area contributed by atoms with Crippen molar-refractivity contribution in [2.75, 3.05) is 12.8 Å². The molecule has 7 nitrogen and oxygen atoms in total. The average Bonchev–Trinajstić information content (AvgIpc) is 2.88. The molecule has 0 unspecified atom stereocenters. The lowest BCUT2D eigenvalue weighted by Crippen LogP contribution is -2.49. The fourth-order valence-corrected chi connectivity index (χ4v) is 4.95. The first kappa shape index (κ1) is 31.1. The predicted molar refractivity (Wildman–Crippen MR) is 147 cm³/mol. The van der Waals surface area contributed by atoms with Crippen LogP contribution in [-0.4, -0.2) is 44.3 Å². The molecule has 0 saturated carbocycles. The van der Waals surface area contributed by atoms with Gasteiger partial charge in [0.15, 0.2) is 9.84 Å². The van der Waals surface area contributed by atoms with Crippen molar-refractivity contribution < 1.29 is 26.4 Å². The number of carbonyl (C=O) groups excluding carboxylic acids is 1. The molecule has 2 atom stereocenters. The predicted octanol–water partition coefficient (Wildman–Crippen LogP) is 5.72. The number of hydrogen-bond donors (Lipinski definition) is 2. The van der Waals surface area contributed by atoms with Gasteiger partial charge in [-0.15, -0.1) is 0 Å². The Hall–Kier alpha value is -3.46. The number of nitrogens with zero attached hydrogens (tertiary/aromatic N) is 2. The summed E-state index contributed by atoms with van der Waals surface area (Å²) < 4.78 is 66.2. The van der Waals surface area contributed by atoms with Gasteiger partial charge in [0.2, 0.25) is 5.91 Å². The summed E-state index contributed by atoms with van der Waals surface area (Å²) in [5.41, 5.74) is 2.03. The molecule has 0 radical (unpaired) electrons. The second kappa shape index (κ2) is 12.8. The molecule has 0 aliphatic carbocycles. The van der Waals surface area contributed by atoms with Crippen molar-refractivity contribution in [3.05, 3.63) is 71.4 Å². The summed E-state index contributed by atoms with van der Waals surface area (Å²) in [6.45, 7) is 3.26. The molecule has 1 heterocycles. The van der Waals surface area contributed by atoms with E-state index in [9.17, 15) is 26.4 Å². The Morgan fingerprint density at radius 1 is 1.07 bits per heavy atom. The van der Waals surface area contributed by atoms with Crippen molar-refractivity contribution in [2.24, 2.45) is 5.92 Å². The molecular formula is C28H28ClF3N4O3S. The average molecular weight is 593 g/mol. The minimum absolute atomic E-state index is 0.0810. The molecule has 0 spiro atoms. The molecule has 0 aliphatic heterocycles. The number of nitrogens with one attached hydrogen (secondary N) is 2. The largest absolute Gasteiger partial charge is 0.407 e. The molecule has 1 aromatic heterocycles. The standard InChI is InChI=1S/C28H28ClF3N4O3S/c1-17(2)14-24(27(37)34-13-12-33)36-26(28(30,31)32)20-6-4-19(5-7-20)25-23(15-21(29)16-35-25)18-8-10-22(11-9-18)40(3,38)39/h4-11,15-17,24,26,36H,13-14H2,1-3H3,(H,34,37)/t24-,26-/m0/s1. The molecule has 0 bridgehead atoms. The topological polar surface area (TPSA) is 112 Å². The van der Waals surface area contributed by atoms with E-state index in [4.69, 9.17) is 16.9 Å². The number of benzene rings is 2. The van der Waals surface area contributed by atoms with E-state index in [2.05, 4.69) is 15.6 Å². The highest BCUT2D eigenvalue weighted by Gasteiger charge is 2.43. The number of hydrogen-bond acceptors (Lipinski definition) is 6. The van der Waals surface area contributed by atoms with Crippen molar-refractivity contribution in [2.45, 2.75) is 43.4 Å². The van der Waals surface area contributed by atoms with Gasteiger partial charge in [0, 0.05) is 23.6 Å². The monoisotopic (exact) mass is 592 g/mol. The van der Waals surface area contributed by atoms with Crippen LogP contribution in [0.3, 0.4) is 0 Å². The number of aromatic nitrogens is 1. The minimum atomic E-state index is -4.71. The maximum atomic E-state index is 14.2. The van der Waals surface area contributed by atoms with Crippen LogP contribution in [0.1, 0.15) is 31.9 Å². The Balaban J connectivity index is 1.97. The first-order chi connectivity index (χ1) is 18.7. The summed E-state index contributed by atoms with van der Waals surface area (Å²) >= 11 is 6.17. The van der Waals surface area contributed by atoms with Gasteiger partial charge >= 0.3 is 6.18 Å². The summed E-state index contributed by atoms with van der Waals surface area (Å²) in [4.78, 5) is 17.0. The smallest absolute Gasteiger partial charge is 0.342 e. The summed E-state index contributed by atoms with van der Waals surface area (Å²) in [7, 11) is -3.40. The van der Waals surface area contributed by atoms with Crippen molar-refractivity contribution in [1.82, 2.24) is 15.6 Å². The highest BCUT2D eigenvalue weighted by atomic mass is 35.5. The van der Waals surface area contributed by atoms with Gasteiger partial charge in [-0.1, -0.05) is 61.8 Å². The zero-order valence-electron chi connectivity index (χ0n) is 22.0. The zero-order valence-corrected chi connectivity index (χ0v) is 23.5.